The number of hydrogen-bond donors (Lipinski definition) is 0. The molecule has 0 aliphatic carbocycles. The largest absolute Gasteiger partial charge is 0.466 e. The maximum Gasteiger partial charge on any atom is 0.305 e. The van der Waals surface area contributed by atoms with Gasteiger partial charge in [0.2, 0.25) is 0 Å². The summed E-state index contributed by atoms with van der Waals surface area (Å²) in [5, 5.41) is 0. The van der Waals surface area contributed by atoms with Gasteiger partial charge in [0.15, 0.2) is 0 Å². The third-order valence-corrected chi connectivity index (χ3v) is 4.97. The highest BCUT2D eigenvalue weighted by Gasteiger charge is 2.01. The van der Waals surface area contributed by atoms with Crippen molar-refractivity contribution in [3.8, 4) is 0 Å². The summed E-state index contributed by atoms with van der Waals surface area (Å²) in [5.41, 5.74) is 0. The molecule has 0 unspecified atom stereocenters. The molecule has 172 valence electrons. The van der Waals surface area contributed by atoms with Crippen LogP contribution in [0.1, 0.15) is 117 Å². The second-order valence-corrected chi connectivity index (χ2v) is 7.97. The average molecular weight is 417 g/mol. The SMILES string of the molecule is CCCCCC=CCC=CCC=CCC=CCCCC(=O)OCCCCCCCC. The summed E-state index contributed by atoms with van der Waals surface area (Å²) < 4.78 is 5.29. The molecular formula is C28H48O2. The lowest BCUT2D eigenvalue weighted by molar-refractivity contribution is -0.143. The van der Waals surface area contributed by atoms with E-state index < -0.39 is 0 Å². The first-order chi connectivity index (χ1) is 14.8. The Balaban J connectivity index is 3.43. The van der Waals surface area contributed by atoms with Crippen molar-refractivity contribution < 1.29 is 9.53 Å². The molecule has 0 saturated heterocycles. The molecule has 0 heterocycles. The molecule has 0 amide bonds. The molecule has 0 aromatic carbocycles. The molecule has 0 saturated carbocycles. The third kappa shape index (κ3) is 24.5. The third-order valence-electron chi connectivity index (χ3n) is 4.97. The van der Waals surface area contributed by atoms with E-state index in [-0.39, 0.29) is 5.97 Å². The van der Waals surface area contributed by atoms with Gasteiger partial charge in [0.05, 0.1) is 6.61 Å². The molecule has 30 heavy (non-hydrogen) atoms. The highest BCUT2D eigenvalue weighted by atomic mass is 16.5. The van der Waals surface area contributed by atoms with Crippen LogP contribution in [0.4, 0.5) is 0 Å². The number of ether oxygens (including phenoxy) is 1. The lowest BCUT2D eigenvalue weighted by atomic mass is 10.1. The first kappa shape index (κ1) is 28.4. The van der Waals surface area contributed by atoms with E-state index in [2.05, 4.69) is 62.5 Å². The van der Waals surface area contributed by atoms with Gasteiger partial charge in [-0.1, -0.05) is 107 Å². The number of carbonyl (C=O) groups is 1. The quantitative estimate of drug-likeness (QED) is 0.106. The molecular weight excluding hydrogens is 368 g/mol. The summed E-state index contributed by atoms with van der Waals surface area (Å²) in [5.74, 6) is -0.0422. The fourth-order valence-electron chi connectivity index (χ4n) is 3.07. The molecule has 0 aromatic rings. The van der Waals surface area contributed by atoms with Gasteiger partial charge in [-0.3, -0.25) is 4.79 Å². The first-order valence-corrected chi connectivity index (χ1v) is 12.6. The predicted molar refractivity (Wildman–Crippen MR) is 133 cm³/mol. The van der Waals surface area contributed by atoms with E-state index in [0.717, 1.165) is 38.5 Å². The van der Waals surface area contributed by atoms with Gasteiger partial charge in [0, 0.05) is 6.42 Å². The minimum Gasteiger partial charge on any atom is -0.466 e. The van der Waals surface area contributed by atoms with E-state index in [1.165, 1.54) is 57.8 Å². The molecule has 2 heteroatoms. The normalized spacial score (nSPS) is 12.2. The Morgan fingerprint density at radius 2 is 1.03 bits per heavy atom. The van der Waals surface area contributed by atoms with Crippen LogP contribution >= 0.6 is 0 Å². The van der Waals surface area contributed by atoms with Crippen LogP contribution in [0.5, 0.6) is 0 Å². The van der Waals surface area contributed by atoms with Gasteiger partial charge >= 0.3 is 5.97 Å². The van der Waals surface area contributed by atoms with Crippen LogP contribution in [-0.2, 0) is 9.53 Å². The lowest BCUT2D eigenvalue weighted by Gasteiger charge is -2.04. The van der Waals surface area contributed by atoms with Crippen LogP contribution in [0.3, 0.4) is 0 Å². The standard InChI is InChI=1S/C28H48O2/c1-3-5-7-9-11-12-13-14-15-16-17-18-19-20-21-22-24-26-28(29)30-27-25-23-10-8-6-4-2/h11-12,14-15,17-18,20-21H,3-10,13,16,19,22-27H2,1-2H3. The smallest absolute Gasteiger partial charge is 0.305 e. The van der Waals surface area contributed by atoms with Crippen LogP contribution in [-0.4, -0.2) is 12.6 Å². The van der Waals surface area contributed by atoms with Crippen molar-refractivity contribution in [3.63, 3.8) is 0 Å². The Labute approximate surface area is 187 Å². The fraction of sp³-hybridized carbons (Fsp3) is 0.679. The molecule has 0 radical (unpaired) electrons. The molecule has 0 fully saturated rings. The number of rotatable bonds is 21. The van der Waals surface area contributed by atoms with Gasteiger partial charge in [-0.2, -0.15) is 0 Å². The first-order valence-electron chi connectivity index (χ1n) is 12.6. The molecule has 0 aromatic heterocycles. The maximum atomic E-state index is 11.7. The van der Waals surface area contributed by atoms with E-state index in [4.69, 9.17) is 4.74 Å². The van der Waals surface area contributed by atoms with E-state index >= 15 is 0 Å². The van der Waals surface area contributed by atoms with Gasteiger partial charge in [0.1, 0.15) is 0 Å². The minimum absolute atomic E-state index is 0.0422. The fourth-order valence-corrected chi connectivity index (χ4v) is 3.07. The zero-order valence-corrected chi connectivity index (χ0v) is 20.0. The molecule has 0 spiro atoms. The van der Waals surface area contributed by atoms with Crippen LogP contribution in [0, 0.1) is 0 Å². The van der Waals surface area contributed by atoms with Gasteiger partial charge in [-0.25, -0.2) is 0 Å². The zero-order chi connectivity index (χ0) is 22.0. The van der Waals surface area contributed by atoms with Crippen LogP contribution in [0.2, 0.25) is 0 Å². The summed E-state index contributed by atoms with van der Waals surface area (Å²) in [4.78, 5) is 11.7. The highest BCUT2D eigenvalue weighted by Crippen LogP contribution is 2.06. The van der Waals surface area contributed by atoms with Crippen molar-refractivity contribution in [2.24, 2.45) is 0 Å². The van der Waals surface area contributed by atoms with E-state index in [1.54, 1.807) is 0 Å². The monoisotopic (exact) mass is 416 g/mol. The maximum absolute atomic E-state index is 11.7. The summed E-state index contributed by atoms with van der Waals surface area (Å²) in [7, 11) is 0. The van der Waals surface area contributed by atoms with Crippen molar-refractivity contribution in [2.45, 2.75) is 117 Å². The highest BCUT2D eigenvalue weighted by molar-refractivity contribution is 5.69. The number of esters is 1. The number of unbranched alkanes of at least 4 members (excludes halogenated alkanes) is 9. The Morgan fingerprint density at radius 3 is 1.63 bits per heavy atom. The summed E-state index contributed by atoms with van der Waals surface area (Å²) in [6.07, 6.45) is 35.7. The Bertz CT molecular complexity index is 471. The topological polar surface area (TPSA) is 26.3 Å². The number of carbonyl (C=O) groups excluding carboxylic acids is 1. The van der Waals surface area contributed by atoms with Crippen molar-refractivity contribution in [1.29, 1.82) is 0 Å². The summed E-state index contributed by atoms with van der Waals surface area (Å²) >= 11 is 0. The van der Waals surface area contributed by atoms with Crippen LogP contribution in [0.25, 0.3) is 0 Å². The molecule has 0 N–H and O–H groups in total. The number of allylic oxidation sites excluding steroid dienone is 8. The molecule has 0 rings (SSSR count). The van der Waals surface area contributed by atoms with Crippen molar-refractivity contribution in [3.05, 3.63) is 48.6 Å². The number of hydrogen-bond acceptors (Lipinski definition) is 2. The molecule has 0 atom stereocenters. The molecule has 2 nitrogen and oxygen atoms in total. The summed E-state index contributed by atoms with van der Waals surface area (Å²) in [6.45, 7) is 5.06. The molecule has 0 bridgehead atoms. The Hall–Kier alpha value is -1.57. The van der Waals surface area contributed by atoms with Crippen molar-refractivity contribution in [1.82, 2.24) is 0 Å². The van der Waals surface area contributed by atoms with Crippen molar-refractivity contribution in [2.75, 3.05) is 6.61 Å². The van der Waals surface area contributed by atoms with E-state index in [1.807, 2.05) is 0 Å². The van der Waals surface area contributed by atoms with Gasteiger partial charge in [0.25, 0.3) is 0 Å². The van der Waals surface area contributed by atoms with Gasteiger partial charge in [-0.05, 0) is 51.4 Å². The van der Waals surface area contributed by atoms with Gasteiger partial charge in [-0.15, -0.1) is 0 Å². The van der Waals surface area contributed by atoms with Gasteiger partial charge < -0.3 is 4.74 Å². The molecule has 0 aliphatic rings. The second kappa shape index (κ2) is 25.5. The van der Waals surface area contributed by atoms with Crippen LogP contribution in [0.15, 0.2) is 48.6 Å². The van der Waals surface area contributed by atoms with E-state index in [9.17, 15) is 4.79 Å². The summed E-state index contributed by atoms with van der Waals surface area (Å²) in [6, 6.07) is 0. The Morgan fingerprint density at radius 1 is 0.567 bits per heavy atom. The second-order valence-electron chi connectivity index (χ2n) is 7.97. The average Bonchev–Trinajstić information content (AvgIpc) is 2.75. The predicted octanol–water partition coefficient (Wildman–Crippen LogP) is 9.04. The Kier molecular flexibility index (Phi) is 24.1. The molecule has 0 aliphatic heterocycles. The van der Waals surface area contributed by atoms with Crippen molar-refractivity contribution >= 4 is 5.97 Å². The zero-order valence-electron chi connectivity index (χ0n) is 20.0. The van der Waals surface area contributed by atoms with E-state index in [0.29, 0.717) is 13.0 Å². The van der Waals surface area contributed by atoms with Crippen LogP contribution < -0.4 is 0 Å². The minimum atomic E-state index is -0.0422. The lowest BCUT2D eigenvalue weighted by Crippen LogP contribution is -2.05.